The van der Waals surface area contributed by atoms with Crippen molar-refractivity contribution in [1.82, 2.24) is 15.5 Å². The fourth-order valence-corrected chi connectivity index (χ4v) is 3.22. The first-order valence-corrected chi connectivity index (χ1v) is 7.96. The zero-order valence-electron chi connectivity index (χ0n) is 13.1. The van der Waals surface area contributed by atoms with Crippen LogP contribution in [0.5, 0.6) is 0 Å². The number of piperidine rings is 1. The van der Waals surface area contributed by atoms with Gasteiger partial charge in [0.2, 0.25) is 5.91 Å². The maximum absolute atomic E-state index is 11.9. The van der Waals surface area contributed by atoms with Crippen LogP contribution in [0.15, 0.2) is 0 Å². The summed E-state index contributed by atoms with van der Waals surface area (Å²) in [4.78, 5) is 14.4. The topological polar surface area (TPSA) is 44.4 Å². The largest absolute Gasteiger partial charge is 0.352 e. The Balaban J connectivity index is 0.00000200. The number of nitrogens with zero attached hydrogens (tertiary/aromatic N) is 1. The van der Waals surface area contributed by atoms with Crippen LogP contribution in [-0.4, -0.2) is 49.6 Å². The summed E-state index contributed by atoms with van der Waals surface area (Å²) in [5.41, 5.74) is 0. The summed E-state index contributed by atoms with van der Waals surface area (Å²) in [6, 6.07) is 0.285. The predicted molar refractivity (Wildman–Crippen MR) is 92.6 cm³/mol. The molecule has 2 fully saturated rings. The lowest BCUT2D eigenvalue weighted by atomic mass is 10.0. The van der Waals surface area contributed by atoms with E-state index < -0.39 is 0 Å². The van der Waals surface area contributed by atoms with Gasteiger partial charge in [0.05, 0.1) is 0 Å². The Hall–Kier alpha value is -0.0300. The van der Waals surface area contributed by atoms with Crippen molar-refractivity contribution in [3.8, 4) is 0 Å². The van der Waals surface area contributed by atoms with Gasteiger partial charge in [-0.15, -0.1) is 24.8 Å². The Morgan fingerprint density at radius 2 is 2.00 bits per heavy atom. The third-order valence-electron chi connectivity index (χ3n) is 4.33. The van der Waals surface area contributed by atoms with E-state index in [0.717, 1.165) is 26.1 Å². The van der Waals surface area contributed by atoms with E-state index in [9.17, 15) is 4.79 Å². The average molecular weight is 340 g/mol. The van der Waals surface area contributed by atoms with E-state index in [1.807, 2.05) is 0 Å². The van der Waals surface area contributed by atoms with Gasteiger partial charge in [-0.1, -0.05) is 6.42 Å². The van der Waals surface area contributed by atoms with Gasteiger partial charge >= 0.3 is 0 Å². The molecular weight excluding hydrogens is 309 g/mol. The van der Waals surface area contributed by atoms with Gasteiger partial charge in [-0.05, 0) is 64.7 Å². The number of halogens is 2. The second-order valence-electron chi connectivity index (χ2n) is 6.23. The molecule has 0 bridgehead atoms. The highest BCUT2D eigenvalue weighted by molar-refractivity contribution is 5.85. The maximum Gasteiger partial charge on any atom is 0.220 e. The highest BCUT2D eigenvalue weighted by Gasteiger charge is 2.17. The van der Waals surface area contributed by atoms with Gasteiger partial charge in [0.25, 0.3) is 0 Å². The van der Waals surface area contributed by atoms with Crippen LogP contribution in [0.2, 0.25) is 0 Å². The summed E-state index contributed by atoms with van der Waals surface area (Å²) in [6.07, 6.45) is 6.96. The Morgan fingerprint density at radius 1 is 1.29 bits per heavy atom. The molecule has 0 spiro atoms. The standard InChI is InChI=1S/C15H29N3O.2ClH/c1-13(12-18-9-3-2-4-10-18)17-15(19)6-5-14-7-8-16-11-14;;/h13-14,16H,2-12H2,1H3,(H,17,19);2*1H. The second-order valence-corrected chi connectivity index (χ2v) is 6.23. The molecule has 0 aromatic heterocycles. The zero-order chi connectivity index (χ0) is 13.5. The van der Waals surface area contributed by atoms with Crippen LogP contribution in [0.25, 0.3) is 0 Å². The van der Waals surface area contributed by atoms with Gasteiger partial charge in [0.15, 0.2) is 0 Å². The first-order valence-electron chi connectivity index (χ1n) is 7.96. The molecule has 21 heavy (non-hydrogen) atoms. The van der Waals surface area contributed by atoms with E-state index in [4.69, 9.17) is 0 Å². The second kappa shape index (κ2) is 11.5. The van der Waals surface area contributed by atoms with Crippen molar-refractivity contribution in [3.63, 3.8) is 0 Å². The van der Waals surface area contributed by atoms with Crippen molar-refractivity contribution in [1.29, 1.82) is 0 Å². The summed E-state index contributed by atoms with van der Waals surface area (Å²) >= 11 is 0. The Kier molecular flexibility index (Phi) is 11.5. The Bertz CT molecular complexity index is 280. The smallest absolute Gasteiger partial charge is 0.220 e. The van der Waals surface area contributed by atoms with Gasteiger partial charge in [0, 0.05) is 19.0 Å². The number of hydrogen-bond acceptors (Lipinski definition) is 3. The maximum atomic E-state index is 11.9. The van der Waals surface area contributed by atoms with Gasteiger partial charge in [-0.2, -0.15) is 0 Å². The number of likely N-dealkylation sites (tertiary alicyclic amines) is 1. The lowest BCUT2D eigenvalue weighted by molar-refractivity contribution is -0.122. The molecule has 6 heteroatoms. The van der Waals surface area contributed by atoms with Crippen molar-refractivity contribution >= 4 is 30.7 Å². The number of carbonyl (C=O) groups is 1. The molecule has 2 saturated heterocycles. The van der Waals surface area contributed by atoms with E-state index in [1.165, 1.54) is 38.8 Å². The normalized spacial score (nSPS) is 23.8. The van der Waals surface area contributed by atoms with Crippen LogP contribution in [0.3, 0.4) is 0 Å². The average Bonchev–Trinajstić information content (AvgIpc) is 2.90. The lowest BCUT2D eigenvalue weighted by Gasteiger charge is -2.29. The molecule has 2 aliphatic heterocycles. The van der Waals surface area contributed by atoms with Crippen molar-refractivity contribution in [2.45, 2.75) is 51.5 Å². The molecule has 2 N–H and O–H groups in total. The third-order valence-corrected chi connectivity index (χ3v) is 4.33. The van der Waals surface area contributed by atoms with Crippen LogP contribution >= 0.6 is 24.8 Å². The SMILES string of the molecule is CC(CN1CCCCC1)NC(=O)CCC1CCNC1.Cl.Cl. The number of carbonyl (C=O) groups excluding carboxylic acids is 1. The van der Waals surface area contributed by atoms with Gasteiger partial charge in [0.1, 0.15) is 0 Å². The van der Waals surface area contributed by atoms with Crippen molar-refractivity contribution < 1.29 is 4.79 Å². The Labute approximate surface area is 141 Å². The summed E-state index contributed by atoms with van der Waals surface area (Å²) < 4.78 is 0. The molecule has 0 aliphatic carbocycles. The molecule has 2 atom stereocenters. The lowest BCUT2D eigenvalue weighted by Crippen LogP contribution is -2.43. The van der Waals surface area contributed by atoms with Gasteiger partial charge < -0.3 is 15.5 Å². The molecule has 0 aromatic rings. The zero-order valence-corrected chi connectivity index (χ0v) is 14.7. The number of nitrogens with one attached hydrogen (secondary N) is 2. The molecule has 1 amide bonds. The Morgan fingerprint density at radius 3 is 2.62 bits per heavy atom. The van der Waals surface area contributed by atoms with Crippen molar-refractivity contribution in [3.05, 3.63) is 0 Å². The molecule has 0 radical (unpaired) electrons. The summed E-state index contributed by atoms with van der Waals surface area (Å²) in [5, 5.41) is 6.50. The summed E-state index contributed by atoms with van der Waals surface area (Å²) in [6.45, 7) is 7.76. The highest BCUT2D eigenvalue weighted by atomic mass is 35.5. The quantitative estimate of drug-likeness (QED) is 0.779. The minimum atomic E-state index is 0. The minimum Gasteiger partial charge on any atom is -0.352 e. The first kappa shape index (κ1) is 21.0. The molecule has 2 heterocycles. The number of amides is 1. The molecule has 4 nitrogen and oxygen atoms in total. The summed E-state index contributed by atoms with van der Waals surface area (Å²) in [5.74, 6) is 0.944. The minimum absolute atomic E-state index is 0. The molecule has 2 aliphatic rings. The van der Waals surface area contributed by atoms with Gasteiger partial charge in [-0.25, -0.2) is 0 Å². The third kappa shape index (κ3) is 8.24. The molecule has 0 aromatic carbocycles. The van der Waals surface area contributed by atoms with Crippen LogP contribution in [0, 0.1) is 5.92 Å². The fourth-order valence-electron chi connectivity index (χ4n) is 3.22. The fraction of sp³-hybridized carbons (Fsp3) is 0.933. The van der Waals surface area contributed by atoms with Crippen LogP contribution in [0.1, 0.15) is 45.4 Å². The van der Waals surface area contributed by atoms with E-state index >= 15 is 0 Å². The van der Waals surface area contributed by atoms with Crippen molar-refractivity contribution in [2.24, 2.45) is 5.92 Å². The van der Waals surface area contributed by atoms with Crippen LogP contribution < -0.4 is 10.6 Å². The van der Waals surface area contributed by atoms with Gasteiger partial charge in [-0.3, -0.25) is 4.79 Å². The van der Waals surface area contributed by atoms with E-state index in [0.29, 0.717) is 12.3 Å². The van der Waals surface area contributed by atoms with Crippen LogP contribution in [0.4, 0.5) is 0 Å². The highest BCUT2D eigenvalue weighted by Crippen LogP contribution is 2.14. The van der Waals surface area contributed by atoms with E-state index in [1.54, 1.807) is 0 Å². The monoisotopic (exact) mass is 339 g/mol. The number of rotatable bonds is 6. The molecule has 2 rings (SSSR count). The molecule has 2 unspecified atom stereocenters. The van der Waals surface area contributed by atoms with E-state index in [2.05, 4.69) is 22.5 Å². The van der Waals surface area contributed by atoms with Crippen molar-refractivity contribution in [2.75, 3.05) is 32.7 Å². The molecule has 0 saturated carbocycles. The molecular formula is C15H31Cl2N3O. The number of hydrogen-bond donors (Lipinski definition) is 2. The van der Waals surface area contributed by atoms with Crippen LogP contribution in [-0.2, 0) is 4.79 Å². The first-order chi connectivity index (χ1) is 9.24. The summed E-state index contributed by atoms with van der Waals surface area (Å²) in [7, 11) is 0. The molecule has 126 valence electrons. The predicted octanol–water partition coefficient (Wildman–Crippen LogP) is 2.21. The van der Waals surface area contributed by atoms with E-state index in [-0.39, 0.29) is 36.8 Å².